The second-order valence-corrected chi connectivity index (χ2v) is 5.43. The van der Waals surface area contributed by atoms with Crippen LogP contribution in [0.25, 0.3) is 0 Å². The zero-order valence-electron chi connectivity index (χ0n) is 13.5. The van der Waals surface area contributed by atoms with Crippen molar-refractivity contribution in [2.24, 2.45) is 0 Å². The molecule has 0 bridgehead atoms. The highest BCUT2D eigenvalue weighted by Crippen LogP contribution is 2.32. The Kier molecular flexibility index (Phi) is 7.45. The van der Waals surface area contributed by atoms with Crippen molar-refractivity contribution in [1.82, 2.24) is 5.32 Å². The topological polar surface area (TPSA) is 30.5 Å². The Morgan fingerprint density at radius 1 is 1.15 bits per heavy atom. The van der Waals surface area contributed by atoms with Gasteiger partial charge in [-0.25, -0.2) is 0 Å². The van der Waals surface area contributed by atoms with Crippen LogP contribution in [-0.2, 0) is 6.54 Å². The van der Waals surface area contributed by atoms with Gasteiger partial charge < -0.3 is 14.8 Å². The molecule has 0 heterocycles. The third kappa shape index (κ3) is 5.41. The first kappa shape index (κ1) is 16.8. The molecule has 0 saturated heterocycles. The summed E-state index contributed by atoms with van der Waals surface area (Å²) in [6.45, 7) is 12.0. The van der Waals surface area contributed by atoms with Crippen LogP contribution in [0.5, 0.6) is 11.5 Å². The molecule has 0 aliphatic rings. The van der Waals surface area contributed by atoms with E-state index in [9.17, 15) is 0 Å². The van der Waals surface area contributed by atoms with Crippen molar-refractivity contribution in [3.05, 3.63) is 23.8 Å². The average molecular weight is 279 g/mol. The van der Waals surface area contributed by atoms with Crippen molar-refractivity contribution in [3.63, 3.8) is 0 Å². The quantitative estimate of drug-likeness (QED) is 0.736. The van der Waals surface area contributed by atoms with Gasteiger partial charge in [-0.3, -0.25) is 0 Å². The maximum atomic E-state index is 6.14. The van der Waals surface area contributed by atoms with E-state index in [2.05, 4.69) is 39.1 Å². The maximum Gasteiger partial charge on any atom is 0.166 e. The van der Waals surface area contributed by atoms with Crippen LogP contribution >= 0.6 is 0 Å². The number of hydrogen-bond acceptors (Lipinski definition) is 3. The maximum absolute atomic E-state index is 6.14. The molecular formula is C17H29NO2. The molecule has 1 unspecified atom stereocenters. The van der Waals surface area contributed by atoms with Crippen LogP contribution in [0.1, 0.15) is 53.0 Å². The van der Waals surface area contributed by atoms with Gasteiger partial charge in [-0.1, -0.05) is 39.3 Å². The number of rotatable bonds is 9. The molecule has 0 saturated carbocycles. The number of ether oxygens (including phenoxy) is 2. The van der Waals surface area contributed by atoms with E-state index in [4.69, 9.17) is 9.47 Å². The van der Waals surface area contributed by atoms with E-state index in [0.29, 0.717) is 12.6 Å². The summed E-state index contributed by atoms with van der Waals surface area (Å²) < 4.78 is 11.8. The van der Waals surface area contributed by atoms with Crippen LogP contribution in [0, 0.1) is 0 Å². The molecule has 0 spiro atoms. The van der Waals surface area contributed by atoms with Gasteiger partial charge in [0.2, 0.25) is 0 Å². The highest BCUT2D eigenvalue weighted by molar-refractivity contribution is 5.46. The fourth-order valence-electron chi connectivity index (χ4n) is 2.08. The van der Waals surface area contributed by atoms with Gasteiger partial charge in [-0.05, 0) is 26.3 Å². The molecule has 20 heavy (non-hydrogen) atoms. The molecule has 0 fully saturated rings. The lowest BCUT2D eigenvalue weighted by atomic mass is 10.1. The Balaban J connectivity index is 2.92. The van der Waals surface area contributed by atoms with Crippen LogP contribution in [0.4, 0.5) is 0 Å². The molecule has 114 valence electrons. The monoisotopic (exact) mass is 279 g/mol. The van der Waals surface area contributed by atoms with Gasteiger partial charge in [-0.2, -0.15) is 0 Å². The molecule has 0 radical (unpaired) electrons. The number of benzene rings is 1. The molecule has 1 N–H and O–H groups in total. The predicted molar refractivity (Wildman–Crippen MR) is 84.6 cm³/mol. The third-order valence-corrected chi connectivity index (χ3v) is 3.08. The molecule has 3 heteroatoms. The number of para-hydroxylation sites is 1. The summed E-state index contributed by atoms with van der Waals surface area (Å²) in [4.78, 5) is 0. The first-order valence-corrected chi connectivity index (χ1v) is 7.73. The fraction of sp³-hybridized carbons (Fsp3) is 0.647. The molecule has 1 rings (SSSR count). The second-order valence-electron chi connectivity index (χ2n) is 5.43. The Morgan fingerprint density at radius 2 is 1.90 bits per heavy atom. The van der Waals surface area contributed by atoms with Crippen LogP contribution in [0.2, 0.25) is 0 Å². The van der Waals surface area contributed by atoms with Gasteiger partial charge in [-0.15, -0.1) is 0 Å². The lowest BCUT2D eigenvalue weighted by Gasteiger charge is -2.20. The molecule has 3 nitrogen and oxygen atoms in total. The molecule has 0 aliphatic heterocycles. The van der Waals surface area contributed by atoms with E-state index >= 15 is 0 Å². The first-order valence-electron chi connectivity index (χ1n) is 7.73. The molecule has 0 amide bonds. The zero-order valence-corrected chi connectivity index (χ0v) is 13.5. The van der Waals surface area contributed by atoms with E-state index in [1.165, 1.54) is 0 Å². The molecular weight excluding hydrogens is 250 g/mol. The highest BCUT2D eigenvalue weighted by atomic mass is 16.5. The van der Waals surface area contributed by atoms with Crippen molar-refractivity contribution in [2.45, 2.75) is 66.2 Å². The predicted octanol–water partition coefficient (Wildman–Crippen LogP) is 4.15. The second kappa shape index (κ2) is 8.85. The van der Waals surface area contributed by atoms with Crippen LogP contribution < -0.4 is 14.8 Å². The lowest BCUT2D eigenvalue weighted by Crippen LogP contribution is -2.23. The average Bonchev–Trinajstić information content (AvgIpc) is 2.39. The van der Waals surface area contributed by atoms with Gasteiger partial charge in [0.05, 0.1) is 12.7 Å². The molecule has 1 aromatic rings. The van der Waals surface area contributed by atoms with E-state index in [1.807, 2.05) is 19.1 Å². The molecule has 0 aliphatic carbocycles. The molecule has 0 aromatic heterocycles. The van der Waals surface area contributed by atoms with Gasteiger partial charge >= 0.3 is 0 Å². The summed E-state index contributed by atoms with van der Waals surface area (Å²) in [5.74, 6) is 1.74. The minimum absolute atomic E-state index is 0.208. The minimum Gasteiger partial charge on any atom is -0.490 e. The summed E-state index contributed by atoms with van der Waals surface area (Å²) in [6.07, 6.45) is 2.38. The minimum atomic E-state index is 0.208. The van der Waals surface area contributed by atoms with Crippen molar-refractivity contribution < 1.29 is 9.47 Å². The van der Waals surface area contributed by atoms with Crippen molar-refractivity contribution >= 4 is 0 Å². The summed E-state index contributed by atoms with van der Waals surface area (Å²) in [6, 6.07) is 6.56. The van der Waals surface area contributed by atoms with Crippen LogP contribution in [0.15, 0.2) is 18.2 Å². The van der Waals surface area contributed by atoms with Crippen LogP contribution in [-0.4, -0.2) is 18.8 Å². The summed E-state index contributed by atoms with van der Waals surface area (Å²) in [5, 5.41) is 3.44. The van der Waals surface area contributed by atoms with Crippen molar-refractivity contribution in [3.8, 4) is 11.5 Å². The van der Waals surface area contributed by atoms with Gasteiger partial charge in [0.1, 0.15) is 0 Å². The summed E-state index contributed by atoms with van der Waals surface area (Å²) in [7, 11) is 0. The SMILES string of the molecule is CCCC(C)Oc1c(CNC(C)C)cccc1OCC. The van der Waals surface area contributed by atoms with Crippen LogP contribution in [0.3, 0.4) is 0 Å². The van der Waals surface area contributed by atoms with Crippen molar-refractivity contribution in [2.75, 3.05) is 6.61 Å². The largest absolute Gasteiger partial charge is 0.490 e. The number of hydrogen-bond donors (Lipinski definition) is 1. The van der Waals surface area contributed by atoms with E-state index in [1.54, 1.807) is 0 Å². The number of nitrogens with one attached hydrogen (secondary N) is 1. The standard InChI is InChI=1S/C17H29NO2/c1-6-9-14(5)20-17-15(12-18-13(3)4)10-8-11-16(17)19-7-2/h8,10-11,13-14,18H,6-7,9,12H2,1-5H3. The summed E-state index contributed by atoms with van der Waals surface area (Å²) in [5.41, 5.74) is 1.16. The van der Waals surface area contributed by atoms with Gasteiger partial charge in [0, 0.05) is 18.2 Å². The molecule has 1 aromatic carbocycles. The van der Waals surface area contributed by atoms with Gasteiger partial charge in [0.15, 0.2) is 11.5 Å². The normalized spacial score (nSPS) is 12.5. The third-order valence-electron chi connectivity index (χ3n) is 3.08. The van der Waals surface area contributed by atoms with Crippen molar-refractivity contribution in [1.29, 1.82) is 0 Å². The lowest BCUT2D eigenvalue weighted by molar-refractivity contribution is 0.194. The van der Waals surface area contributed by atoms with E-state index in [0.717, 1.165) is 36.4 Å². The summed E-state index contributed by atoms with van der Waals surface area (Å²) >= 11 is 0. The van der Waals surface area contributed by atoms with Gasteiger partial charge in [0.25, 0.3) is 0 Å². The molecule has 1 atom stereocenters. The smallest absolute Gasteiger partial charge is 0.166 e. The highest BCUT2D eigenvalue weighted by Gasteiger charge is 2.14. The Labute approximate surface area is 123 Å². The van der Waals surface area contributed by atoms with E-state index < -0.39 is 0 Å². The zero-order chi connectivity index (χ0) is 15.0. The Hall–Kier alpha value is -1.22. The van der Waals surface area contributed by atoms with E-state index in [-0.39, 0.29) is 6.10 Å². The Morgan fingerprint density at radius 3 is 2.50 bits per heavy atom. The Bertz CT molecular complexity index is 391. The first-order chi connectivity index (χ1) is 9.58. The fourth-order valence-corrected chi connectivity index (χ4v) is 2.08.